The number of anilines is 1. The van der Waals surface area contributed by atoms with E-state index in [9.17, 15) is 0 Å². The van der Waals surface area contributed by atoms with E-state index in [1.54, 1.807) is 28.4 Å². The van der Waals surface area contributed by atoms with Gasteiger partial charge < -0.3 is 34.5 Å². The van der Waals surface area contributed by atoms with E-state index in [0.29, 0.717) is 25.9 Å². The molecule has 1 aromatic carbocycles. The maximum atomic E-state index is 5.47. The fourth-order valence-corrected chi connectivity index (χ4v) is 3.10. The lowest BCUT2D eigenvalue weighted by molar-refractivity contribution is 0.0698. The molecule has 0 amide bonds. The Morgan fingerprint density at radius 2 is 1.86 bits per heavy atom. The highest BCUT2D eigenvalue weighted by molar-refractivity contribution is 5.80. The standard InChI is InChI=1S/C20H34N4O4/c1-21-20(22-7-5-9-28-11-10-25-2)23-16-6-8-24(15-16)17-12-18(26-3)14-19(13-17)27-4/h12-14,16H,5-11,15H2,1-4H3,(H2,21,22,23). The highest BCUT2D eigenvalue weighted by Crippen LogP contribution is 2.30. The zero-order valence-corrected chi connectivity index (χ0v) is 17.5. The van der Waals surface area contributed by atoms with Gasteiger partial charge in [-0.05, 0) is 12.8 Å². The minimum Gasteiger partial charge on any atom is -0.497 e. The Morgan fingerprint density at radius 3 is 2.50 bits per heavy atom. The first-order valence-electron chi connectivity index (χ1n) is 9.72. The van der Waals surface area contributed by atoms with Gasteiger partial charge in [-0.3, -0.25) is 4.99 Å². The quantitative estimate of drug-likeness (QED) is 0.335. The third kappa shape index (κ3) is 7.09. The van der Waals surface area contributed by atoms with Gasteiger partial charge in [-0.2, -0.15) is 0 Å². The van der Waals surface area contributed by atoms with Crippen LogP contribution in [0.2, 0.25) is 0 Å². The number of hydrogen-bond acceptors (Lipinski definition) is 6. The van der Waals surface area contributed by atoms with E-state index in [0.717, 1.165) is 55.6 Å². The fourth-order valence-electron chi connectivity index (χ4n) is 3.10. The van der Waals surface area contributed by atoms with Crippen molar-refractivity contribution >= 4 is 11.6 Å². The molecule has 0 radical (unpaired) electrons. The maximum Gasteiger partial charge on any atom is 0.191 e. The molecule has 2 rings (SSSR count). The van der Waals surface area contributed by atoms with Crippen LogP contribution in [-0.4, -0.2) is 79.8 Å². The molecule has 1 aromatic rings. The average molecular weight is 395 g/mol. The summed E-state index contributed by atoms with van der Waals surface area (Å²) in [7, 11) is 6.82. The van der Waals surface area contributed by atoms with Crippen LogP contribution in [0.25, 0.3) is 0 Å². The van der Waals surface area contributed by atoms with Crippen LogP contribution in [-0.2, 0) is 9.47 Å². The van der Waals surface area contributed by atoms with Gasteiger partial charge in [0.2, 0.25) is 0 Å². The predicted molar refractivity (Wildman–Crippen MR) is 112 cm³/mol. The van der Waals surface area contributed by atoms with Crippen molar-refractivity contribution in [1.29, 1.82) is 0 Å². The number of nitrogens with one attached hydrogen (secondary N) is 2. The van der Waals surface area contributed by atoms with Crippen molar-refractivity contribution < 1.29 is 18.9 Å². The van der Waals surface area contributed by atoms with E-state index in [2.05, 4.69) is 20.5 Å². The van der Waals surface area contributed by atoms with Crippen molar-refractivity contribution in [1.82, 2.24) is 10.6 Å². The van der Waals surface area contributed by atoms with Crippen LogP contribution in [0.4, 0.5) is 5.69 Å². The lowest BCUT2D eigenvalue weighted by Crippen LogP contribution is -2.45. The second kappa shape index (κ2) is 12.3. The minimum atomic E-state index is 0.335. The number of methoxy groups -OCH3 is 3. The summed E-state index contributed by atoms with van der Waals surface area (Å²) in [5.74, 6) is 2.43. The number of rotatable bonds is 11. The van der Waals surface area contributed by atoms with Crippen LogP contribution in [0.1, 0.15) is 12.8 Å². The molecule has 0 spiro atoms. The number of guanidine groups is 1. The number of aliphatic imine (C=N–C) groups is 1. The van der Waals surface area contributed by atoms with Gasteiger partial charge >= 0.3 is 0 Å². The lowest BCUT2D eigenvalue weighted by Gasteiger charge is -2.21. The number of hydrogen-bond donors (Lipinski definition) is 2. The van der Waals surface area contributed by atoms with Crippen LogP contribution in [0.5, 0.6) is 11.5 Å². The van der Waals surface area contributed by atoms with E-state index in [4.69, 9.17) is 18.9 Å². The molecule has 158 valence electrons. The van der Waals surface area contributed by atoms with Gasteiger partial charge in [0.1, 0.15) is 11.5 Å². The largest absolute Gasteiger partial charge is 0.497 e. The summed E-state index contributed by atoms with van der Waals surface area (Å²) in [6, 6.07) is 6.31. The summed E-state index contributed by atoms with van der Waals surface area (Å²) in [5.41, 5.74) is 1.11. The molecule has 1 heterocycles. The number of benzene rings is 1. The molecule has 1 unspecified atom stereocenters. The molecular weight excluding hydrogens is 360 g/mol. The zero-order valence-electron chi connectivity index (χ0n) is 17.5. The molecule has 0 aliphatic carbocycles. The number of ether oxygens (including phenoxy) is 4. The summed E-state index contributed by atoms with van der Waals surface area (Å²) < 4.78 is 21.2. The molecule has 0 saturated carbocycles. The van der Waals surface area contributed by atoms with Crippen LogP contribution in [0, 0.1) is 0 Å². The normalized spacial score (nSPS) is 16.9. The minimum absolute atomic E-state index is 0.335. The Labute approximate surface area is 168 Å². The van der Waals surface area contributed by atoms with Crippen LogP contribution < -0.4 is 25.0 Å². The van der Waals surface area contributed by atoms with Gasteiger partial charge in [0, 0.05) is 70.3 Å². The molecule has 8 nitrogen and oxygen atoms in total. The van der Waals surface area contributed by atoms with Crippen molar-refractivity contribution in [2.45, 2.75) is 18.9 Å². The molecule has 2 N–H and O–H groups in total. The molecule has 8 heteroatoms. The SMILES string of the molecule is CN=C(NCCCOCCOC)NC1CCN(c2cc(OC)cc(OC)c2)C1. The van der Waals surface area contributed by atoms with Gasteiger partial charge in [-0.25, -0.2) is 0 Å². The van der Waals surface area contributed by atoms with Gasteiger partial charge in [0.25, 0.3) is 0 Å². The van der Waals surface area contributed by atoms with Crippen LogP contribution in [0.15, 0.2) is 23.2 Å². The Morgan fingerprint density at radius 1 is 1.11 bits per heavy atom. The van der Waals surface area contributed by atoms with Gasteiger partial charge in [0.15, 0.2) is 5.96 Å². The Kier molecular flexibility index (Phi) is 9.71. The van der Waals surface area contributed by atoms with Gasteiger partial charge in [-0.15, -0.1) is 0 Å². The van der Waals surface area contributed by atoms with Crippen molar-refractivity contribution in [2.24, 2.45) is 4.99 Å². The zero-order chi connectivity index (χ0) is 20.2. The third-order valence-electron chi connectivity index (χ3n) is 4.64. The molecule has 0 aromatic heterocycles. The van der Waals surface area contributed by atoms with Crippen molar-refractivity contribution in [3.05, 3.63) is 18.2 Å². The third-order valence-corrected chi connectivity index (χ3v) is 4.64. The Hall–Kier alpha value is -2.19. The van der Waals surface area contributed by atoms with Gasteiger partial charge in [-0.1, -0.05) is 0 Å². The molecule has 1 saturated heterocycles. The second-order valence-electron chi connectivity index (χ2n) is 6.60. The molecular formula is C20H34N4O4. The van der Waals surface area contributed by atoms with E-state index >= 15 is 0 Å². The van der Waals surface area contributed by atoms with Crippen LogP contribution in [0.3, 0.4) is 0 Å². The smallest absolute Gasteiger partial charge is 0.191 e. The van der Waals surface area contributed by atoms with Crippen molar-refractivity contribution in [2.75, 3.05) is 72.7 Å². The summed E-state index contributed by atoms with van der Waals surface area (Å²) in [5, 5.41) is 6.86. The van der Waals surface area contributed by atoms with E-state index < -0.39 is 0 Å². The highest BCUT2D eigenvalue weighted by atomic mass is 16.5. The molecule has 1 fully saturated rings. The fraction of sp³-hybridized carbons (Fsp3) is 0.650. The molecule has 1 aliphatic heterocycles. The average Bonchev–Trinajstić information content (AvgIpc) is 3.20. The topological polar surface area (TPSA) is 76.6 Å². The van der Waals surface area contributed by atoms with E-state index in [-0.39, 0.29) is 0 Å². The Balaban J connectivity index is 1.77. The summed E-state index contributed by atoms with van der Waals surface area (Å²) in [6.45, 7) is 4.66. The maximum absolute atomic E-state index is 5.47. The molecule has 1 aliphatic rings. The monoisotopic (exact) mass is 394 g/mol. The van der Waals surface area contributed by atoms with Gasteiger partial charge in [0.05, 0.1) is 27.4 Å². The predicted octanol–water partition coefficient (Wildman–Crippen LogP) is 1.50. The lowest BCUT2D eigenvalue weighted by atomic mass is 10.2. The Bertz CT molecular complexity index is 590. The van der Waals surface area contributed by atoms with Crippen molar-refractivity contribution in [3.8, 4) is 11.5 Å². The van der Waals surface area contributed by atoms with Crippen LogP contribution >= 0.6 is 0 Å². The second-order valence-corrected chi connectivity index (χ2v) is 6.60. The molecule has 0 bridgehead atoms. The van der Waals surface area contributed by atoms with E-state index in [1.165, 1.54) is 0 Å². The molecule has 28 heavy (non-hydrogen) atoms. The first-order valence-corrected chi connectivity index (χ1v) is 9.72. The summed E-state index contributed by atoms with van der Waals surface area (Å²) in [4.78, 5) is 6.66. The first-order chi connectivity index (χ1) is 13.7. The highest BCUT2D eigenvalue weighted by Gasteiger charge is 2.24. The first kappa shape index (κ1) is 22.1. The molecule has 1 atom stereocenters. The summed E-state index contributed by atoms with van der Waals surface area (Å²) in [6.07, 6.45) is 1.96. The summed E-state index contributed by atoms with van der Waals surface area (Å²) >= 11 is 0. The number of nitrogens with zero attached hydrogens (tertiary/aromatic N) is 2. The van der Waals surface area contributed by atoms with Crippen molar-refractivity contribution in [3.63, 3.8) is 0 Å². The van der Waals surface area contributed by atoms with E-state index in [1.807, 2.05) is 18.2 Å².